The van der Waals surface area contributed by atoms with Crippen LogP contribution in [0.1, 0.15) is 6.42 Å². The van der Waals surface area contributed by atoms with Gasteiger partial charge in [-0.15, -0.1) is 0 Å². The van der Waals surface area contributed by atoms with Crippen LogP contribution in [0.5, 0.6) is 5.75 Å². The summed E-state index contributed by atoms with van der Waals surface area (Å²) in [7, 11) is 0. The number of pyridine rings is 1. The van der Waals surface area contributed by atoms with E-state index in [-0.39, 0.29) is 6.61 Å². The molecule has 0 aromatic carbocycles. The minimum atomic E-state index is 0.0859. The van der Waals surface area contributed by atoms with Gasteiger partial charge >= 0.3 is 0 Å². The predicted molar refractivity (Wildman–Crippen MR) is 50.9 cm³/mol. The summed E-state index contributed by atoms with van der Waals surface area (Å²) >= 11 is 5.78. The summed E-state index contributed by atoms with van der Waals surface area (Å²) in [5.41, 5.74) is 5.98. The average Bonchev–Trinajstić information content (AvgIpc) is 2.10. The lowest BCUT2D eigenvalue weighted by molar-refractivity contribution is 0.234. The van der Waals surface area contributed by atoms with Crippen LogP contribution in [-0.2, 0) is 0 Å². The highest BCUT2D eigenvalue weighted by atomic mass is 35.5. The molecule has 1 aromatic heterocycles. The molecule has 72 valence electrons. The standard InChI is InChI=1S/C8H11ClN2O2/c9-6-4-11-5-7(10)8(6)13-3-1-2-12/h4-5,12H,1-3,10H2. The Morgan fingerprint density at radius 3 is 2.92 bits per heavy atom. The summed E-state index contributed by atoms with van der Waals surface area (Å²) in [6.45, 7) is 0.479. The number of nitrogen functional groups attached to an aromatic ring is 1. The fourth-order valence-electron chi connectivity index (χ4n) is 0.829. The molecular weight excluding hydrogens is 192 g/mol. The van der Waals surface area contributed by atoms with E-state index in [0.29, 0.717) is 29.5 Å². The van der Waals surface area contributed by atoms with Gasteiger partial charge in [0.15, 0.2) is 5.75 Å². The van der Waals surface area contributed by atoms with Crippen LogP contribution in [0.15, 0.2) is 12.4 Å². The number of halogens is 1. The lowest BCUT2D eigenvalue weighted by Gasteiger charge is -2.08. The highest BCUT2D eigenvalue weighted by molar-refractivity contribution is 6.32. The fraction of sp³-hybridized carbons (Fsp3) is 0.375. The molecule has 0 radical (unpaired) electrons. The average molecular weight is 203 g/mol. The first kappa shape index (κ1) is 10.1. The molecule has 0 saturated heterocycles. The van der Waals surface area contributed by atoms with E-state index in [9.17, 15) is 0 Å². The third-order valence-corrected chi connectivity index (χ3v) is 1.70. The highest BCUT2D eigenvalue weighted by Crippen LogP contribution is 2.29. The molecule has 0 amide bonds. The SMILES string of the molecule is Nc1cncc(Cl)c1OCCCO. The molecule has 3 N–H and O–H groups in total. The van der Waals surface area contributed by atoms with Crippen molar-refractivity contribution >= 4 is 17.3 Å². The smallest absolute Gasteiger partial charge is 0.163 e. The van der Waals surface area contributed by atoms with Crippen molar-refractivity contribution in [3.8, 4) is 5.75 Å². The van der Waals surface area contributed by atoms with Crippen molar-refractivity contribution in [1.82, 2.24) is 4.98 Å². The van der Waals surface area contributed by atoms with Gasteiger partial charge in [0, 0.05) is 19.2 Å². The van der Waals surface area contributed by atoms with Gasteiger partial charge in [-0.05, 0) is 0 Å². The molecule has 0 aliphatic heterocycles. The Bertz CT molecular complexity index is 261. The molecule has 0 atom stereocenters. The zero-order chi connectivity index (χ0) is 9.68. The van der Waals surface area contributed by atoms with Crippen LogP contribution in [0.25, 0.3) is 0 Å². The lowest BCUT2D eigenvalue weighted by Crippen LogP contribution is -2.03. The van der Waals surface area contributed by atoms with Crippen LogP contribution in [0, 0.1) is 0 Å². The van der Waals surface area contributed by atoms with E-state index in [4.69, 9.17) is 27.2 Å². The fourth-order valence-corrected chi connectivity index (χ4v) is 1.05. The maximum absolute atomic E-state index is 8.53. The second-order valence-corrected chi connectivity index (χ2v) is 2.87. The van der Waals surface area contributed by atoms with E-state index in [1.54, 1.807) is 0 Å². The second-order valence-electron chi connectivity index (χ2n) is 2.47. The first-order chi connectivity index (χ1) is 6.25. The number of aliphatic hydroxyl groups excluding tert-OH is 1. The molecule has 0 saturated carbocycles. The topological polar surface area (TPSA) is 68.4 Å². The first-order valence-electron chi connectivity index (χ1n) is 3.88. The highest BCUT2D eigenvalue weighted by Gasteiger charge is 2.05. The first-order valence-corrected chi connectivity index (χ1v) is 4.26. The summed E-state index contributed by atoms with van der Waals surface area (Å²) < 4.78 is 5.25. The zero-order valence-electron chi connectivity index (χ0n) is 7.03. The van der Waals surface area contributed by atoms with Crippen LogP contribution in [0.3, 0.4) is 0 Å². The molecule has 0 fully saturated rings. The van der Waals surface area contributed by atoms with E-state index in [1.807, 2.05) is 0 Å². The molecule has 13 heavy (non-hydrogen) atoms. The third kappa shape index (κ3) is 2.75. The Kier molecular flexibility index (Phi) is 3.79. The van der Waals surface area contributed by atoms with Gasteiger partial charge in [0.25, 0.3) is 0 Å². The summed E-state index contributed by atoms with van der Waals surface area (Å²) in [6, 6.07) is 0. The van der Waals surface area contributed by atoms with E-state index in [0.717, 1.165) is 0 Å². The maximum atomic E-state index is 8.53. The molecule has 0 spiro atoms. The Labute approximate surface area is 81.3 Å². The van der Waals surface area contributed by atoms with Crippen molar-refractivity contribution < 1.29 is 9.84 Å². The minimum absolute atomic E-state index is 0.0859. The number of nitrogens with two attached hydrogens (primary N) is 1. The van der Waals surface area contributed by atoms with Gasteiger partial charge < -0.3 is 15.6 Å². The van der Waals surface area contributed by atoms with E-state index >= 15 is 0 Å². The minimum Gasteiger partial charge on any atom is -0.490 e. The van der Waals surface area contributed by atoms with Crippen molar-refractivity contribution in [1.29, 1.82) is 0 Å². The summed E-state index contributed by atoms with van der Waals surface area (Å²) in [4.78, 5) is 3.79. The van der Waals surface area contributed by atoms with Gasteiger partial charge in [-0.3, -0.25) is 4.98 Å². The normalized spacial score (nSPS) is 10.0. The number of rotatable bonds is 4. The van der Waals surface area contributed by atoms with Crippen molar-refractivity contribution in [3.63, 3.8) is 0 Å². The summed E-state index contributed by atoms with van der Waals surface area (Å²) in [5, 5.41) is 8.91. The van der Waals surface area contributed by atoms with Crippen LogP contribution < -0.4 is 10.5 Å². The number of hydrogen-bond acceptors (Lipinski definition) is 4. The Balaban J connectivity index is 2.64. The molecule has 4 nitrogen and oxygen atoms in total. The van der Waals surface area contributed by atoms with Crippen molar-refractivity contribution in [3.05, 3.63) is 17.4 Å². The monoisotopic (exact) mass is 202 g/mol. The molecule has 0 unspecified atom stereocenters. The van der Waals surface area contributed by atoms with Gasteiger partial charge in [-0.25, -0.2) is 0 Å². The zero-order valence-corrected chi connectivity index (χ0v) is 7.79. The van der Waals surface area contributed by atoms with E-state index in [2.05, 4.69) is 4.98 Å². The van der Waals surface area contributed by atoms with Crippen LogP contribution in [0.2, 0.25) is 5.02 Å². The number of hydrogen-bond donors (Lipinski definition) is 2. The van der Waals surface area contributed by atoms with Crippen molar-refractivity contribution in [2.75, 3.05) is 18.9 Å². The number of aliphatic hydroxyl groups is 1. The van der Waals surface area contributed by atoms with Gasteiger partial charge in [0.2, 0.25) is 0 Å². The predicted octanol–water partition coefficient (Wildman–Crippen LogP) is 1.08. The number of anilines is 1. The Hall–Kier alpha value is -1.00. The van der Waals surface area contributed by atoms with Gasteiger partial charge in [0.1, 0.15) is 5.02 Å². The van der Waals surface area contributed by atoms with E-state index < -0.39 is 0 Å². The molecule has 1 rings (SSSR count). The van der Waals surface area contributed by atoms with Crippen LogP contribution in [0.4, 0.5) is 5.69 Å². The molecular formula is C8H11ClN2O2. The summed E-state index contributed by atoms with van der Waals surface area (Å²) in [5.74, 6) is 0.435. The lowest BCUT2D eigenvalue weighted by atomic mass is 10.4. The second kappa shape index (κ2) is 4.89. The Morgan fingerprint density at radius 1 is 1.54 bits per heavy atom. The third-order valence-electron chi connectivity index (χ3n) is 1.43. The Morgan fingerprint density at radius 2 is 2.31 bits per heavy atom. The van der Waals surface area contributed by atoms with Gasteiger partial charge in [-0.2, -0.15) is 0 Å². The van der Waals surface area contributed by atoms with Crippen molar-refractivity contribution in [2.45, 2.75) is 6.42 Å². The summed E-state index contributed by atoms with van der Waals surface area (Å²) in [6.07, 6.45) is 3.49. The molecule has 0 aliphatic carbocycles. The van der Waals surface area contributed by atoms with Crippen molar-refractivity contribution in [2.24, 2.45) is 0 Å². The molecule has 0 bridgehead atoms. The van der Waals surface area contributed by atoms with Gasteiger partial charge in [-0.1, -0.05) is 11.6 Å². The number of aromatic nitrogens is 1. The van der Waals surface area contributed by atoms with Gasteiger partial charge in [0.05, 0.1) is 18.5 Å². The quantitative estimate of drug-likeness (QED) is 0.717. The van der Waals surface area contributed by atoms with E-state index in [1.165, 1.54) is 12.4 Å². The van der Waals surface area contributed by atoms with Crippen LogP contribution in [-0.4, -0.2) is 23.3 Å². The number of ether oxygens (including phenoxy) is 1. The maximum Gasteiger partial charge on any atom is 0.163 e. The van der Waals surface area contributed by atoms with Crippen LogP contribution >= 0.6 is 11.6 Å². The molecule has 0 aliphatic rings. The largest absolute Gasteiger partial charge is 0.490 e. The number of nitrogens with zero attached hydrogens (tertiary/aromatic N) is 1. The molecule has 1 aromatic rings. The molecule has 5 heteroatoms. The molecule has 1 heterocycles.